The van der Waals surface area contributed by atoms with E-state index in [-0.39, 0.29) is 31.1 Å². The molecule has 0 aromatic rings. The van der Waals surface area contributed by atoms with E-state index in [2.05, 4.69) is 38.2 Å². The van der Waals surface area contributed by atoms with Crippen molar-refractivity contribution in [1.82, 2.24) is 4.90 Å². The first-order valence-electron chi connectivity index (χ1n) is 26.6. The van der Waals surface area contributed by atoms with Crippen molar-refractivity contribution in [2.24, 2.45) is 5.73 Å². The molecule has 0 radical (unpaired) electrons. The highest BCUT2D eigenvalue weighted by Crippen LogP contribution is 2.19. The number of carboxylic acid groups (broad SMARTS) is 1. The van der Waals surface area contributed by atoms with Crippen molar-refractivity contribution >= 4 is 17.8 Å². The van der Waals surface area contributed by atoms with Crippen LogP contribution < -0.4 is 5.73 Å². The second kappa shape index (κ2) is 48.1. The number of carbonyl (C=O) groups is 3. The van der Waals surface area contributed by atoms with E-state index in [1.807, 2.05) is 0 Å². The highest BCUT2D eigenvalue weighted by atomic mass is 16.4. The summed E-state index contributed by atoms with van der Waals surface area (Å²) in [4.78, 5) is 40.2. The van der Waals surface area contributed by atoms with E-state index in [9.17, 15) is 19.5 Å². The third kappa shape index (κ3) is 40.1. The second-order valence-corrected chi connectivity index (χ2v) is 18.2. The molecule has 0 rings (SSSR count). The second-order valence-electron chi connectivity index (χ2n) is 18.2. The summed E-state index contributed by atoms with van der Waals surface area (Å²) in [6, 6.07) is -1.09. The fourth-order valence-electron chi connectivity index (χ4n) is 8.39. The highest BCUT2D eigenvalue weighted by Gasteiger charge is 2.33. The van der Waals surface area contributed by atoms with Gasteiger partial charge < -0.3 is 10.8 Å². The number of aliphatic carboxylic acids is 1. The van der Waals surface area contributed by atoms with E-state index >= 15 is 0 Å². The number of amides is 2. The van der Waals surface area contributed by atoms with Gasteiger partial charge in [0.1, 0.15) is 6.04 Å². The van der Waals surface area contributed by atoms with Gasteiger partial charge in [0.05, 0.1) is 0 Å². The van der Waals surface area contributed by atoms with Crippen molar-refractivity contribution in [3.63, 3.8) is 0 Å². The number of nitrogens with zero attached hydrogens (tertiary/aromatic N) is 1. The van der Waals surface area contributed by atoms with Crippen LogP contribution >= 0.6 is 0 Å². The average Bonchev–Trinajstić information content (AvgIpc) is 3.24. The lowest BCUT2D eigenvalue weighted by Gasteiger charge is -2.27. The molecule has 0 saturated carbocycles. The molecular weight excluding hydrogens is 741 g/mol. The summed E-state index contributed by atoms with van der Waals surface area (Å²) in [5.74, 6) is -1.71. The van der Waals surface area contributed by atoms with Crippen LogP contribution in [0.3, 0.4) is 0 Å². The number of hydrogen-bond donors (Lipinski definition) is 2. The van der Waals surface area contributed by atoms with Crippen LogP contribution in [0.25, 0.3) is 0 Å². The largest absolute Gasteiger partial charge is 0.480 e. The molecule has 0 aliphatic rings. The van der Waals surface area contributed by atoms with Gasteiger partial charge in [-0.1, -0.05) is 218 Å². The molecule has 0 heterocycles. The maximum atomic E-state index is 13.4. The maximum absolute atomic E-state index is 13.4. The summed E-state index contributed by atoms with van der Waals surface area (Å²) in [6.07, 6.45) is 59.2. The maximum Gasteiger partial charge on any atom is 0.326 e. The Morgan fingerprint density at radius 2 is 0.667 bits per heavy atom. The van der Waals surface area contributed by atoms with Crippen LogP contribution in [0.2, 0.25) is 0 Å². The van der Waals surface area contributed by atoms with Gasteiger partial charge in [-0.3, -0.25) is 14.5 Å². The molecule has 3 N–H and O–H groups in total. The Balaban J connectivity index is 4.11. The van der Waals surface area contributed by atoms with Crippen LogP contribution in [0.1, 0.15) is 290 Å². The Morgan fingerprint density at radius 1 is 0.400 bits per heavy atom. The standard InChI is InChI=1S/C54H102N2O4/c1-3-5-7-9-11-13-15-17-19-21-23-25-27-29-31-33-35-37-39-41-43-48-52(57)56(51(54(59)60)47-45-46-50-55)53(58)49-44-42-40-38-36-34-32-30-28-26-24-22-20-18-16-14-12-10-8-6-4-2/h17-20,51H,3-16,21-50,55H2,1-2H3,(H,59,60)/b19-17-,20-18-/t51-/m0/s1. The number of nitrogens with two attached hydrogens (primary N) is 1. The van der Waals surface area contributed by atoms with Gasteiger partial charge in [-0.25, -0.2) is 4.79 Å². The highest BCUT2D eigenvalue weighted by molar-refractivity contribution is 5.99. The fraction of sp³-hybridized carbons (Fsp3) is 0.870. The van der Waals surface area contributed by atoms with E-state index in [1.165, 1.54) is 205 Å². The minimum Gasteiger partial charge on any atom is -0.480 e. The molecule has 60 heavy (non-hydrogen) atoms. The first-order chi connectivity index (χ1) is 29.5. The van der Waals surface area contributed by atoms with Gasteiger partial charge in [0.2, 0.25) is 11.8 Å². The van der Waals surface area contributed by atoms with Crippen LogP contribution in [-0.2, 0) is 14.4 Å². The first-order valence-corrected chi connectivity index (χ1v) is 26.6. The van der Waals surface area contributed by atoms with Crippen molar-refractivity contribution in [3.05, 3.63) is 24.3 Å². The predicted molar refractivity (Wildman–Crippen MR) is 260 cm³/mol. The molecule has 0 saturated heterocycles. The van der Waals surface area contributed by atoms with E-state index in [0.717, 1.165) is 30.6 Å². The normalized spacial score (nSPS) is 12.2. The Kier molecular flexibility index (Phi) is 46.5. The van der Waals surface area contributed by atoms with Gasteiger partial charge in [0.25, 0.3) is 0 Å². The number of hydrogen-bond acceptors (Lipinski definition) is 4. The molecule has 0 bridgehead atoms. The van der Waals surface area contributed by atoms with Crippen molar-refractivity contribution in [2.45, 2.75) is 296 Å². The third-order valence-corrected chi connectivity index (χ3v) is 12.4. The number of allylic oxidation sites excluding steroid dienone is 4. The summed E-state index contributed by atoms with van der Waals surface area (Å²) >= 11 is 0. The monoisotopic (exact) mass is 843 g/mol. The Bertz CT molecular complexity index is 930. The van der Waals surface area contributed by atoms with Gasteiger partial charge >= 0.3 is 5.97 Å². The van der Waals surface area contributed by atoms with Gasteiger partial charge in [0.15, 0.2) is 0 Å². The van der Waals surface area contributed by atoms with Gasteiger partial charge in [0, 0.05) is 12.8 Å². The predicted octanol–water partition coefficient (Wildman–Crippen LogP) is 16.7. The smallest absolute Gasteiger partial charge is 0.326 e. The number of carbonyl (C=O) groups excluding carboxylic acids is 2. The summed E-state index contributed by atoms with van der Waals surface area (Å²) < 4.78 is 0. The topological polar surface area (TPSA) is 101 Å². The molecule has 0 aromatic heterocycles. The molecule has 0 aliphatic heterocycles. The van der Waals surface area contributed by atoms with Crippen molar-refractivity contribution < 1.29 is 19.5 Å². The summed E-state index contributed by atoms with van der Waals surface area (Å²) in [5, 5.41) is 10.1. The molecule has 0 aliphatic carbocycles. The number of rotatable bonds is 48. The molecule has 1 atom stereocenters. The minimum atomic E-state index is -1.09. The lowest BCUT2D eigenvalue weighted by molar-refractivity contribution is -0.158. The molecule has 0 spiro atoms. The van der Waals surface area contributed by atoms with Gasteiger partial charge in [-0.15, -0.1) is 0 Å². The first kappa shape index (κ1) is 58.0. The van der Waals surface area contributed by atoms with Crippen LogP contribution in [0, 0.1) is 0 Å². The van der Waals surface area contributed by atoms with Crippen LogP contribution in [0.4, 0.5) is 0 Å². The quantitative estimate of drug-likeness (QED) is 0.0469. The van der Waals surface area contributed by atoms with E-state index in [0.29, 0.717) is 32.2 Å². The summed E-state index contributed by atoms with van der Waals surface area (Å²) in [6.45, 7) is 5.02. The molecule has 6 nitrogen and oxygen atoms in total. The van der Waals surface area contributed by atoms with Crippen molar-refractivity contribution in [2.75, 3.05) is 6.54 Å². The Hall–Kier alpha value is -1.95. The zero-order valence-corrected chi connectivity index (χ0v) is 40.2. The molecule has 6 heteroatoms. The number of imide groups is 1. The molecule has 2 amide bonds. The lowest BCUT2D eigenvalue weighted by Crippen LogP contribution is -2.48. The molecule has 0 aromatic carbocycles. The van der Waals surface area contributed by atoms with Crippen molar-refractivity contribution in [3.8, 4) is 0 Å². The minimum absolute atomic E-state index is 0.247. The summed E-state index contributed by atoms with van der Waals surface area (Å²) in [7, 11) is 0. The van der Waals surface area contributed by atoms with Gasteiger partial charge in [-0.05, 0) is 90.0 Å². The molecule has 0 unspecified atom stereocenters. The van der Waals surface area contributed by atoms with E-state index < -0.39 is 12.0 Å². The van der Waals surface area contributed by atoms with Gasteiger partial charge in [-0.2, -0.15) is 0 Å². The van der Waals surface area contributed by atoms with Crippen molar-refractivity contribution in [1.29, 1.82) is 0 Å². The Morgan fingerprint density at radius 3 is 0.933 bits per heavy atom. The fourth-order valence-corrected chi connectivity index (χ4v) is 8.39. The van der Waals surface area contributed by atoms with E-state index in [4.69, 9.17) is 5.73 Å². The summed E-state index contributed by atoms with van der Waals surface area (Å²) in [5.41, 5.74) is 5.67. The number of unbranched alkanes of at least 4 members (excludes halogenated alkanes) is 35. The molecular formula is C54H102N2O4. The zero-order chi connectivity index (χ0) is 43.8. The molecule has 352 valence electrons. The van der Waals surface area contributed by atoms with Crippen LogP contribution in [0.5, 0.6) is 0 Å². The number of carboxylic acids is 1. The molecule has 0 fully saturated rings. The average molecular weight is 843 g/mol. The third-order valence-electron chi connectivity index (χ3n) is 12.4. The lowest BCUT2D eigenvalue weighted by atomic mass is 10.0. The zero-order valence-electron chi connectivity index (χ0n) is 40.2. The van der Waals surface area contributed by atoms with E-state index in [1.54, 1.807) is 0 Å². The van der Waals surface area contributed by atoms with Crippen LogP contribution in [0.15, 0.2) is 24.3 Å². The van der Waals surface area contributed by atoms with Crippen LogP contribution in [-0.4, -0.2) is 40.4 Å². The SMILES string of the molecule is CCCCCCCC/C=C\CCCCCCCCCCCCCC(=O)N(C(=O)CCCCCCCCCCCCC/C=C\CCCCCCCC)[C@@H](CCCCN)C(=O)O. The Labute approximate surface area is 373 Å².